The van der Waals surface area contributed by atoms with Gasteiger partial charge in [-0.15, -0.1) is 0 Å². The third-order valence-electron chi connectivity index (χ3n) is 2.91. The highest BCUT2D eigenvalue weighted by Gasteiger charge is 2.32. The van der Waals surface area contributed by atoms with Crippen LogP contribution in [0.3, 0.4) is 0 Å². The molecular weight excluding hydrogens is 272 g/mol. The van der Waals surface area contributed by atoms with Crippen molar-refractivity contribution in [2.45, 2.75) is 33.6 Å². The van der Waals surface area contributed by atoms with E-state index < -0.39 is 5.97 Å². The first-order valence-corrected chi connectivity index (χ1v) is 6.60. The highest BCUT2D eigenvalue weighted by molar-refractivity contribution is 9.09. The third kappa shape index (κ3) is 2.94. The van der Waals surface area contributed by atoms with Crippen molar-refractivity contribution in [3.05, 3.63) is 11.3 Å². The molecule has 0 amide bonds. The molecule has 4 heteroatoms. The Hall–Kier alpha value is -0.640. The zero-order valence-electron chi connectivity index (χ0n) is 9.88. The minimum atomic E-state index is -0.410. The van der Waals surface area contributed by atoms with E-state index in [1.54, 1.807) is 0 Å². The van der Waals surface area contributed by atoms with E-state index in [0.717, 1.165) is 18.4 Å². The monoisotopic (exact) mass is 288 g/mol. The van der Waals surface area contributed by atoms with E-state index in [1.165, 1.54) is 0 Å². The minimum absolute atomic E-state index is 0.0122. The van der Waals surface area contributed by atoms with Crippen LogP contribution in [0, 0.1) is 11.8 Å². The van der Waals surface area contributed by atoms with Gasteiger partial charge in [-0.1, -0.05) is 29.8 Å². The van der Waals surface area contributed by atoms with Gasteiger partial charge in [0.25, 0.3) is 0 Å². The van der Waals surface area contributed by atoms with Crippen molar-refractivity contribution in [2.75, 3.05) is 5.33 Å². The number of hydrogen-bond donors (Lipinski definition) is 0. The summed E-state index contributed by atoms with van der Waals surface area (Å²) >= 11 is 3.02. The summed E-state index contributed by atoms with van der Waals surface area (Å²) in [5.74, 6) is 0.120. The molecule has 0 aliphatic heterocycles. The number of allylic oxidation sites excluding steroid dienone is 2. The minimum Gasteiger partial charge on any atom is -0.422 e. The van der Waals surface area contributed by atoms with Crippen LogP contribution in [0.1, 0.15) is 33.6 Å². The molecule has 0 saturated heterocycles. The molecule has 0 aromatic rings. The summed E-state index contributed by atoms with van der Waals surface area (Å²) in [5, 5.41) is 0.114. The number of esters is 1. The average Bonchev–Trinajstić information content (AvgIpc) is 2.23. The number of carbonyl (C=O) groups excluding carboxylic acids is 2. The van der Waals surface area contributed by atoms with Crippen molar-refractivity contribution in [3.63, 3.8) is 0 Å². The maximum absolute atomic E-state index is 12.1. The van der Waals surface area contributed by atoms with Crippen LogP contribution in [0.2, 0.25) is 0 Å². The van der Waals surface area contributed by atoms with E-state index in [0.29, 0.717) is 5.92 Å². The van der Waals surface area contributed by atoms with Crippen LogP contribution in [-0.4, -0.2) is 17.1 Å². The van der Waals surface area contributed by atoms with E-state index in [2.05, 4.69) is 15.9 Å². The Labute approximate surface area is 104 Å². The van der Waals surface area contributed by atoms with Gasteiger partial charge in [0.15, 0.2) is 5.76 Å². The molecule has 0 spiro atoms. The molecule has 0 heterocycles. The Kier molecular flexibility index (Phi) is 4.71. The number of alkyl halides is 1. The van der Waals surface area contributed by atoms with Gasteiger partial charge in [0.2, 0.25) is 5.78 Å². The summed E-state index contributed by atoms with van der Waals surface area (Å²) in [4.78, 5) is 23.3. The number of ketones is 1. The molecule has 0 radical (unpaired) electrons. The summed E-state index contributed by atoms with van der Waals surface area (Å²) in [6.45, 7) is 5.89. The molecule has 0 aromatic heterocycles. The lowest BCUT2D eigenvalue weighted by molar-refractivity contribution is -0.141. The van der Waals surface area contributed by atoms with Gasteiger partial charge in [0, 0.05) is 5.92 Å². The number of halogens is 1. The van der Waals surface area contributed by atoms with Crippen LogP contribution in [0.4, 0.5) is 0 Å². The molecule has 90 valence electrons. The second kappa shape index (κ2) is 5.62. The maximum atomic E-state index is 12.1. The molecule has 0 aromatic carbocycles. The third-order valence-corrected chi connectivity index (χ3v) is 3.37. The van der Waals surface area contributed by atoms with Gasteiger partial charge in [-0.2, -0.15) is 0 Å². The average molecular weight is 289 g/mol. The molecule has 1 rings (SSSR count). The largest absolute Gasteiger partial charge is 0.422 e. The highest BCUT2D eigenvalue weighted by Crippen LogP contribution is 2.31. The maximum Gasteiger partial charge on any atom is 0.322 e. The Balaban J connectivity index is 2.87. The molecule has 0 bridgehead atoms. The Morgan fingerprint density at radius 3 is 2.69 bits per heavy atom. The first kappa shape index (κ1) is 13.4. The van der Waals surface area contributed by atoms with Crippen molar-refractivity contribution < 1.29 is 14.3 Å². The van der Waals surface area contributed by atoms with Gasteiger partial charge in [-0.3, -0.25) is 9.59 Å². The van der Waals surface area contributed by atoms with Crippen molar-refractivity contribution in [1.29, 1.82) is 0 Å². The first-order chi connectivity index (χ1) is 7.47. The molecule has 3 nitrogen and oxygen atoms in total. The predicted octanol–water partition coefficient (Wildman–Crippen LogP) is 2.83. The van der Waals surface area contributed by atoms with Gasteiger partial charge < -0.3 is 4.74 Å². The molecule has 0 N–H and O–H groups in total. The Morgan fingerprint density at radius 1 is 1.56 bits per heavy atom. The molecule has 1 aliphatic rings. The highest BCUT2D eigenvalue weighted by atomic mass is 79.9. The molecular formula is C12H17BrO3. The number of carbonyl (C=O) groups is 2. The van der Waals surface area contributed by atoms with E-state index in [9.17, 15) is 9.59 Å². The fourth-order valence-corrected chi connectivity index (χ4v) is 2.02. The van der Waals surface area contributed by atoms with Crippen molar-refractivity contribution in [1.82, 2.24) is 0 Å². The molecule has 16 heavy (non-hydrogen) atoms. The summed E-state index contributed by atoms with van der Waals surface area (Å²) in [7, 11) is 0. The molecule has 0 fully saturated rings. The second-order valence-corrected chi connectivity index (χ2v) is 5.03. The van der Waals surface area contributed by atoms with Crippen LogP contribution >= 0.6 is 15.9 Å². The van der Waals surface area contributed by atoms with Crippen LogP contribution in [-0.2, 0) is 14.3 Å². The first-order valence-electron chi connectivity index (χ1n) is 5.48. The fraction of sp³-hybridized carbons (Fsp3) is 0.667. The van der Waals surface area contributed by atoms with Gasteiger partial charge in [-0.25, -0.2) is 0 Å². The second-order valence-electron chi connectivity index (χ2n) is 4.47. The summed E-state index contributed by atoms with van der Waals surface area (Å²) in [5.41, 5.74) is 0.885. The van der Waals surface area contributed by atoms with Crippen LogP contribution in [0.5, 0.6) is 0 Å². The summed E-state index contributed by atoms with van der Waals surface area (Å²) < 4.78 is 5.09. The van der Waals surface area contributed by atoms with Crippen LogP contribution in [0.15, 0.2) is 11.3 Å². The molecule has 1 aliphatic carbocycles. The van der Waals surface area contributed by atoms with Gasteiger partial charge >= 0.3 is 5.97 Å². The Bertz CT molecular complexity index is 331. The van der Waals surface area contributed by atoms with Crippen molar-refractivity contribution in [3.8, 4) is 0 Å². The number of Topliss-reactive ketones (excluding diaryl/α,β-unsaturated/α-hetero) is 1. The SMILES string of the molecule is CC1=C(OC(=O)CBr)C(=O)C(C(C)C)CC1. The quantitative estimate of drug-likeness (QED) is 0.592. The number of ether oxygens (including phenoxy) is 1. The molecule has 0 saturated carbocycles. The molecule has 1 unspecified atom stereocenters. The topological polar surface area (TPSA) is 43.4 Å². The lowest BCUT2D eigenvalue weighted by Gasteiger charge is -2.26. The van der Waals surface area contributed by atoms with E-state index >= 15 is 0 Å². The zero-order chi connectivity index (χ0) is 12.3. The standard InChI is InChI=1S/C12H17BrO3/c1-7(2)9-5-4-8(3)12(11(9)15)16-10(14)6-13/h7,9H,4-6H2,1-3H3. The zero-order valence-corrected chi connectivity index (χ0v) is 11.5. The van der Waals surface area contributed by atoms with Crippen LogP contribution in [0.25, 0.3) is 0 Å². The Morgan fingerprint density at radius 2 is 2.19 bits per heavy atom. The summed E-state index contributed by atoms with van der Waals surface area (Å²) in [6, 6.07) is 0. The number of hydrogen-bond acceptors (Lipinski definition) is 3. The smallest absolute Gasteiger partial charge is 0.322 e. The van der Waals surface area contributed by atoms with Crippen molar-refractivity contribution >= 4 is 27.7 Å². The number of rotatable bonds is 3. The van der Waals surface area contributed by atoms with Crippen molar-refractivity contribution in [2.24, 2.45) is 11.8 Å². The van der Waals surface area contributed by atoms with E-state index in [-0.39, 0.29) is 22.8 Å². The lowest BCUT2D eigenvalue weighted by atomic mass is 9.80. The van der Waals surface area contributed by atoms with E-state index in [4.69, 9.17) is 4.74 Å². The predicted molar refractivity (Wildman–Crippen MR) is 65.2 cm³/mol. The summed E-state index contributed by atoms with van der Waals surface area (Å²) in [6.07, 6.45) is 1.69. The van der Waals surface area contributed by atoms with Gasteiger partial charge in [0.1, 0.15) is 5.33 Å². The van der Waals surface area contributed by atoms with Gasteiger partial charge in [0.05, 0.1) is 0 Å². The van der Waals surface area contributed by atoms with Gasteiger partial charge in [-0.05, 0) is 31.3 Å². The van der Waals surface area contributed by atoms with E-state index in [1.807, 2.05) is 20.8 Å². The lowest BCUT2D eigenvalue weighted by Crippen LogP contribution is -2.29. The molecule has 1 atom stereocenters. The normalized spacial score (nSPS) is 21.6. The van der Waals surface area contributed by atoms with Crippen LogP contribution < -0.4 is 0 Å². The fourth-order valence-electron chi connectivity index (χ4n) is 1.91.